The van der Waals surface area contributed by atoms with Crippen molar-refractivity contribution in [3.8, 4) is 34.3 Å². The van der Waals surface area contributed by atoms with Gasteiger partial charge in [-0.05, 0) is 51.5 Å². The average Bonchev–Trinajstić information content (AvgIpc) is 2.96. The van der Waals surface area contributed by atoms with E-state index in [0.717, 1.165) is 11.6 Å². The summed E-state index contributed by atoms with van der Waals surface area (Å²) in [7, 11) is 1.51. The van der Waals surface area contributed by atoms with E-state index in [4.69, 9.17) is 23.4 Å². The number of hydrogen-bond donors (Lipinski definition) is 6. The van der Waals surface area contributed by atoms with Crippen LogP contribution in [0.1, 0.15) is 26.3 Å². The predicted molar refractivity (Wildman–Crippen MR) is 151 cm³/mol. The van der Waals surface area contributed by atoms with Crippen molar-refractivity contribution in [3.63, 3.8) is 0 Å². The summed E-state index contributed by atoms with van der Waals surface area (Å²) < 4.78 is 28.6. The summed E-state index contributed by atoms with van der Waals surface area (Å²) in [4.78, 5) is 13.8. The first-order chi connectivity index (χ1) is 20.0. The summed E-state index contributed by atoms with van der Waals surface area (Å²) in [5.41, 5.74) is 0.938. The van der Waals surface area contributed by atoms with Gasteiger partial charge in [-0.3, -0.25) is 4.79 Å². The number of phenolic OH excluding ortho intramolecular Hbond substituents is 1. The lowest BCUT2D eigenvalue weighted by atomic mass is 9.99. The molecule has 6 atom stereocenters. The number of aliphatic hydroxyl groups excluding tert-OH is 5. The normalized spacial score (nSPS) is 22.9. The van der Waals surface area contributed by atoms with Crippen LogP contribution >= 0.6 is 0 Å². The molecule has 12 heteroatoms. The van der Waals surface area contributed by atoms with Crippen LogP contribution in [0.25, 0.3) is 22.3 Å². The highest BCUT2D eigenvalue weighted by Gasteiger charge is 2.45. The van der Waals surface area contributed by atoms with Gasteiger partial charge in [-0.1, -0.05) is 11.6 Å². The third kappa shape index (κ3) is 6.38. The lowest BCUT2D eigenvalue weighted by Crippen LogP contribution is -2.60. The van der Waals surface area contributed by atoms with Crippen LogP contribution in [0.5, 0.6) is 23.0 Å². The number of aliphatic hydroxyl groups is 5. The Morgan fingerprint density at radius 2 is 1.79 bits per heavy atom. The van der Waals surface area contributed by atoms with Gasteiger partial charge in [0.1, 0.15) is 59.2 Å². The molecule has 0 amide bonds. The van der Waals surface area contributed by atoms with Gasteiger partial charge in [-0.2, -0.15) is 0 Å². The van der Waals surface area contributed by atoms with E-state index in [0.29, 0.717) is 16.9 Å². The summed E-state index contributed by atoms with van der Waals surface area (Å²) in [6, 6.07) is 7.79. The van der Waals surface area contributed by atoms with Crippen molar-refractivity contribution in [2.45, 2.75) is 64.0 Å². The third-order valence-corrected chi connectivity index (χ3v) is 6.79. The fraction of sp³-hybridized carbons (Fsp3) is 0.433. The third-order valence-electron chi connectivity index (χ3n) is 6.79. The quantitative estimate of drug-likeness (QED) is 0.188. The highest BCUT2D eigenvalue weighted by Crippen LogP contribution is 2.41. The SMILES string of the molecule is COc1ccc(-c2oc3c(CC=C(C)C)c(O[C@@H]4O[C@H](CO)[C@@H](O)[C@H](O)[C@H]4O)cc(O)c3c(=O)c2OC[C@@H](C)O)cc1. The lowest BCUT2D eigenvalue weighted by Gasteiger charge is -2.39. The maximum absolute atomic E-state index is 13.8. The zero-order valence-corrected chi connectivity index (χ0v) is 23.7. The molecule has 0 aliphatic carbocycles. The second-order valence-electron chi connectivity index (χ2n) is 10.4. The van der Waals surface area contributed by atoms with Crippen molar-refractivity contribution in [2.24, 2.45) is 0 Å². The number of fused-ring (bicyclic) bond motifs is 1. The highest BCUT2D eigenvalue weighted by molar-refractivity contribution is 5.91. The minimum absolute atomic E-state index is 0.0265. The van der Waals surface area contributed by atoms with Crippen LogP contribution in [0.4, 0.5) is 0 Å². The molecule has 2 heterocycles. The van der Waals surface area contributed by atoms with Gasteiger partial charge >= 0.3 is 0 Å². The van der Waals surface area contributed by atoms with E-state index in [1.807, 2.05) is 19.9 Å². The molecule has 2 aromatic carbocycles. The fourth-order valence-electron chi connectivity index (χ4n) is 4.52. The van der Waals surface area contributed by atoms with Gasteiger partial charge in [0.05, 0.1) is 19.8 Å². The van der Waals surface area contributed by atoms with Gasteiger partial charge in [0.25, 0.3) is 0 Å². The molecule has 0 radical (unpaired) electrons. The van der Waals surface area contributed by atoms with Gasteiger partial charge in [-0.25, -0.2) is 0 Å². The van der Waals surface area contributed by atoms with Gasteiger partial charge in [0.2, 0.25) is 17.5 Å². The van der Waals surface area contributed by atoms with Crippen molar-refractivity contribution in [3.05, 3.63) is 57.8 Å². The largest absolute Gasteiger partial charge is 0.507 e. The lowest BCUT2D eigenvalue weighted by molar-refractivity contribution is -0.277. The van der Waals surface area contributed by atoms with Crippen molar-refractivity contribution in [1.29, 1.82) is 0 Å². The number of benzene rings is 2. The molecular weight excluding hydrogens is 552 g/mol. The fourth-order valence-corrected chi connectivity index (χ4v) is 4.52. The van der Waals surface area contributed by atoms with E-state index in [1.54, 1.807) is 24.3 Å². The van der Waals surface area contributed by atoms with E-state index in [9.17, 15) is 35.4 Å². The molecule has 0 saturated carbocycles. The first-order valence-electron chi connectivity index (χ1n) is 13.4. The number of allylic oxidation sites excluding steroid dienone is 2. The number of methoxy groups -OCH3 is 1. The molecule has 0 spiro atoms. The summed E-state index contributed by atoms with van der Waals surface area (Å²) >= 11 is 0. The number of phenols is 1. The van der Waals surface area contributed by atoms with Crippen LogP contribution in [-0.4, -0.2) is 87.8 Å². The van der Waals surface area contributed by atoms with Crippen LogP contribution in [0, 0.1) is 0 Å². The van der Waals surface area contributed by atoms with Crippen molar-refractivity contribution >= 4 is 11.0 Å². The molecule has 1 aromatic heterocycles. The monoisotopic (exact) mass is 588 g/mol. The summed E-state index contributed by atoms with van der Waals surface area (Å²) in [6.07, 6.45) is -6.69. The molecule has 12 nitrogen and oxygen atoms in total. The molecule has 42 heavy (non-hydrogen) atoms. The van der Waals surface area contributed by atoms with Crippen LogP contribution in [-0.2, 0) is 11.2 Å². The topological polar surface area (TPSA) is 189 Å². The van der Waals surface area contributed by atoms with E-state index < -0.39 is 54.6 Å². The molecule has 4 rings (SSSR count). The Morgan fingerprint density at radius 3 is 2.38 bits per heavy atom. The van der Waals surface area contributed by atoms with E-state index in [2.05, 4.69) is 0 Å². The summed E-state index contributed by atoms with van der Waals surface area (Å²) in [5.74, 6) is -0.200. The van der Waals surface area contributed by atoms with Gasteiger partial charge < -0.3 is 54.0 Å². The molecule has 6 N–H and O–H groups in total. The molecule has 3 aromatic rings. The number of rotatable bonds is 10. The first-order valence-corrected chi connectivity index (χ1v) is 13.4. The smallest absolute Gasteiger partial charge is 0.239 e. The number of aromatic hydroxyl groups is 1. The Bertz CT molecular complexity index is 1470. The number of hydrogen-bond acceptors (Lipinski definition) is 12. The first kappa shape index (κ1) is 31.3. The Morgan fingerprint density at radius 1 is 1.10 bits per heavy atom. The second kappa shape index (κ2) is 13.1. The van der Waals surface area contributed by atoms with Crippen molar-refractivity contribution in [1.82, 2.24) is 0 Å². The van der Waals surface area contributed by atoms with Crippen molar-refractivity contribution < 1.29 is 54.0 Å². The summed E-state index contributed by atoms with van der Waals surface area (Å²) in [6.45, 7) is 4.34. The maximum atomic E-state index is 13.8. The highest BCUT2D eigenvalue weighted by atomic mass is 16.7. The molecule has 1 aliphatic heterocycles. The van der Waals surface area contributed by atoms with Gasteiger partial charge in [0, 0.05) is 17.2 Å². The van der Waals surface area contributed by atoms with Gasteiger partial charge in [-0.15, -0.1) is 0 Å². The van der Waals surface area contributed by atoms with E-state index in [-0.39, 0.29) is 41.3 Å². The maximum Gasteiger partial charge on any atom is 0.239 e. The van der Waals surface area contributed by atoms with Crippen LogP contribution in [0.3, 0.4) is 0 Å². The molecular formula is C30H36O12. The molecule has 1 fully saturated rings. The Kier molecular flexibility index (Phi) is 9.77. The van der Waals surface area contributed by atoms with Crippen LogP contribution in [0.2, 0.25) is 0 Å². The molecule has 1 aliphatic rings. The Hall–Kier alpha value is -3.65. The van der Waals surface area contributed by atoms with Crippen LogP contribution in [0.15, 0.2) is 51.2 Å². The Balaban J connectivity index is 1.95. The minimum Gasteiger partial charge on any atom is -0.507 e. The van der Waals surface area contributed by atoms with Crippen LogP contribution < -0.4 is 19.6 Å². The minimum atomic E-state index is -1.71. The van der Waals surface area contributed by atoms with Crippen molar-refractivity contribution in [2.75, 3.05) is 20.3 Å². The van der Waals surface area contributed by atoms with Gasteiger partial charge in [0.15, 0.2) is 5.76 Å². The molecule has 1 saturated heterocycles. The average molecular weight is 589 g/mol. The Labute approximate surface area is 241 Å². The van der Waals surface area contributed by atoms with E-state index in [1.165, 1.54) is 14.0 Å². The molecule has 0 unspecified atom stereocenters. The molecule has 228 valence electrons. The van der Waals surface area contributed by atoms with E-state index >= 15 is 0 Å². The standard InChI is InChI=1S/C30H36O12/c1-14(2)5-10-18-20(40-30-26(37)25(36)23(34)21(12-31)41-30)11-19(33)22-24(35)29(39-13-15(3)32)27(42-28(18)22)16-6-8-17(38-4)9-7-16/h5-9,11,15,21,23,25-26,30-34,36-37H,10,12-13H2,1-4H3/t15-,21-,23-,25+,26-,30-/m1/s1. The molecule has 0 bridgehead atoms. The number of ether oxygens (including phenoxy) is 4. The predicted octanol–water partition coefficient (Wildman–Crippen LogP) is 1.62. The zero-order valence-electron chi connectivity index (χ0n) is 23.7. The zero-order chi connectivity index (χ0) is 30.7. The summed E-state index contributed by atoms with van der Waals surface area (Å²) in [5, 5.41) is 61.2. The second-order valence-corrected chi connectivity index (χ2v) is 10.4.